The molecule has 0 saturated carbocycles. The fraction of sp³-hybridized carbons (Fsp3) is 0.278. The first-order valence-corrected chi connectivity index (χ1v) is 9.32. The lowest BCUT2D eigenvalue weighted by Crippen LogP contribution is -2.10. The second kappa shape index (κ2) is 5.91. The van der Waals surface area contributed by atoms with E-state index in [1.165, 1.54) is 33.8 Å². The van der Waals surface area contributed by atoms with Gasteiger partial charge in [0.05, 0.1) is 5.39 Å². The number of aromatic nitrogens is 6. The van der Waals surface area contributed by atoms with Crippen molar-refractivity contribution in [2.45, 2.75) is 26.2 Å². The first kappa shape index (κ1) is 15.5. The van der Waals surface area contributed by atoms with E-state index in [2.05, 4.69) is 32.3 Å². The lowest BCUT2D eigenvalue weighted by Gasteiger charge is -2.17. The van der Waals surface area contributed by atoms with Gasteiger partial charge in [-0.05, 0) is 60.2 Å². The Morgan fingerprint density at radius 3 is 2.88 bits per heavy atom. The highest BCUT2D eigenvalue weighted by Gasteiger charge is 2.24. The number of aryl methyl sites for hydroxylation is 1. The minimum absolute atomic E-state index is 0.294. The molecule has 8 heteroatoms. The first-order chi connectivity index (χ1) is 12.7. The van der Waals surface area contributed by atoms with Crippen molar-refractivity contribution >= 4 is 21.6 Å². The molecule has 0 saturated heterocycles. The second-order valence-corrected chi connectivity index (χ2v) is 7.72. The number of halogens is 1. The summed E-state index contributed by atoms with van der Waals surface area (Å²) in [5.41, 5.74) is 2.03. The summed E-state index contributed by atoms with van der Waals surface area (Å²) in [6, 6.07) is 6.05. The molecule has 0 unspecified atom stereocenters. The molecule has 5 rings (SSSR count). The number of hydrogen-bond donors (Lipinski definition) is 0. The second-order valence-electron chi connectivity index (χ2n) is 6.64. The van der Waals surface area contributed by atoms with Gasteiger partial charge in [-0.2, -0.15) is 0 Å². The number of nitrogens with zero attached hydrogens (tertiary/aromatic N) is 6. The Labute approximate surface area is 152 Å². The molecular weight excluding hydrogens is 351 g/mol. The summed E-state index contributed by atoms with van der Waals surface area (Å²) in [7, 11) is 0. The van der Waals surface area contributed by atoms with E-state index < -0.39 is 0 Å². The molecule has 1 atom stereocenters. The van der Waals surface area contributed by atoms with Crippen LogP contribution in [0.3, 0.4) is 0 Å². The molecule has 0 amide bonds. The maximum atomic E-state index is 13.1. The molecule has 130 valence electrons. The summed E-state index contributed by atoms with van der Waals surface area (Å²) in [6.07, 6.45) is 4.82. The van der Waals surface area contributed by atoms with Gasteiger partial charge in [-0.15, -0.1) is 26.3 Å². The molecule has 0 fully saturated rings. The molecule has 0 bridgehead atoms. The van der Waals surface area contributed by atoms with Crippen molar-refractivity contribution in [2.75, 3.05) is 0 Å². The third-order valence-corrected chi connectivity index (χ3v) is 5.94. The maximum absolute atomic E-state index is 13.1. The van der Waals surface area contributed by atoms with Gasteiger partial charge in [0.15, 0.2) is 5.82 Å². The van der Waals surface area contributed by atoms with Crippen LogP contribution in [-0.2, 0) is 12.8 Å². The van der Waals surface area contributed by atoms with Crippen LogP contribution in [0.4, 0.5) is 4.39 Å². The van der Waals surface area contributed by atoms with Gasteiger partial charge in [0.25, 0.3) is 0 Å². The summed E-state index contributed by atoms with van der Waals surface area (Å²) in [5, 5.41) is 13.8. The van der Waals surface area contributed by atoms with Crippen molar-refractivity contribution in [3.63, 3.8) is 0 Å². The van der Waals surface area contributed by atoms with Gasteiger partial charge in [-0.25, -0.2) is 14.4 Å². The lowest BCUT2D eigenvalue weighted by atomic mass is 9.89. The summed E-state index contributed by atoms with van der Waals surface area (Å²) < 4.78 is 13.1. The number of fused-ring (bicyclic) bond motifs is 3. The Morgan fingerprint density at radius 1 is 1.19 bits per heavy atom. The van der Waals surface area contributed by atoms with E-state index in [1.54, 1.807) is 29.8 Å². The number of thiophene rings is 1. The average Bonchev–Trinajstić information content (AvgIpc) is 3.26. The third kappa shape index (κ3) is 2.48. The van der Waals surface area contributed by atoms with Gasteiger partial charge < -0.3 is 0 Å². The third-order valence-electron chi connectivity index (χ3n) is 4.78. The van der Waals surface area contributed by atoms with Crippen LogP contribution < -0.4 is 0 Å². The van der Waals surface area contributed by atoms with E-state index in [1.807, 2.05) is 0 Å². The summed E-state index contributed by atoms with van der Waals surface area (Å²) in [6.45, 7) is 2.29. The van der Waals surface area contributed by atoms with Crippen molar-refractivity contribution < 1.29 is 4.39 Å². The molecule has 26 heavy (non-hydrogen) atoms. The summed E-state index contributed by atoms with van der Waals surface area (Å²) in [4.78, 5) is 12.7. The Balaban J connectivity index is 1.63. The number of hydrogen-bond acceptors (Lipinski definition) is 6. The number of tetrazole rings is 1. The highest BCUT2D eigenvalue weighted by molar-refractivity contribution is 7.18. The van der Waals surface area contributed by atoms with Gasteiger partial charge in [0, 0.05) is 10.4 Å². The van der Waals surface area contributed by atoms with Gasteiger partial charge in [0.1, 0.15) is 17.0 Å². The van der Waals surface area contributed by atoms with E-state index in [4.69, 9.17) is 0 Å². The molecule has 1 aliphatic rings. The van der Waals surface area contributed by atoms with E-state index in [0.717, 1.165) is 23.1 Å². The smallest absolute Gasteiger partial charge is 0.205 e. The van der Waals surface area contributed by atoms with Crippen LogP contribution in [0.15, 0.2) is 30.6 Å². The van der Waals surface area contributed by atoms with E-state index in [-0.39, 0.29) is 5.82 Å². The van der Waals surface area contributed by atoms with E-state index in [9.17, 15) is 4.39 Å². The number of benzene rings is 1. The largest absolute Gasteiger partial charge is 0.225 e. The number of rotatable bonds is 2. The highest BCUT2D eigenvalue weighted by Crippen LogP contribution is 2.38. The van der Waals surface area contributed by atoms with Crippen LogP contribution >= 0.6 is 11.3 Å². The van der Waals surface area contributed by atoms with Crippen LogP contribution in [0.2, 0.25) is 0 Å². The molecule has 0 aliphatic heterocycles. The Morgan fingerprint density at radius 2 is 2.04 bits per heavy atom. The minimum atomic E-state index is -0.294. The van der Waals surface area contributed by atoms with Gasteiger partial charge in [-0.1, -0.05) is 6.92 Å². The topological polar surface area (TPSA) is 69.4 Å². The van der Waals surface area contributed by atoms with Crippen molar-refractivity contribution in [3.8, 4) is 17.2 Å². The lowest BCUT2D eigenvalue weighted by molar-refractivity contribution is 0.509. The van der Waals surface area contributed by atoms with E-state index in [0.29, 0.717) is 23.1 Å². The fourth-order valence-corrected chi connectivity index (χ4v) is 4.77. The molecule has 4 aromatic rings. The average molecular weight is 366 g/mol. The predicted octanol–water partition coefficient (Wildman–Crippen LogP) is 3.60. The zero-order chi connectivity index (χ0) is 17.7. The quantitative estimate of drug-likeness (QED) is 0.542. The Kier molecular flexibility index (Phi) is 3.53. The normalized spacial score (nSPS) is 16.8. The Bertz CT molecular complexity index is 1100. The van der Waals surface area contributed by atoms with Crippen molar-refractivity contribution in [2.24, 2.45) is 5.92 Å². The standard InChI is InChI=1S/C18H15FN6S/c1-10-2-7-13-14(8-10)26-18-15(13)17(20-9-21-18)25-23-16(22-24-25)11-3-5-12(19)6-4-11/h3-6,9-10H,2,7-8H2,1H3/t10-/m0/s1. The molecule has 3 heterocycles. The maximum Gasteiger partial charge on any atom is 0.205 e. The van der Waals surface area contributed by atoms with Crippen molar-refractivity contribution in [1.82, 2.24) is 30.2 Å². The SMILES string of the molecule is C[C@H]1CCc2c(sc3ncnc(-n4nnc(-c5ccc(F)cc5)n4)c23)C1. The molecule has 0 spiro atoms. The van der Waals surface area contributed by atoms with Crippen molar-refractivity contribution in [1.29, 1.82) is 0 Å². The van der Waals surface area contributed by atoms with Crippen LogP contribution in [-0.4, -0.2) is 30.2 Å². The van der Waals surface area contributed by atoms with Crippen LogP contribution in [0.1, 0.15) is 23.8 Å². The molecule has 0 radical (unpaired) electrons. The molecule has 1 aromatic carbocycles. The monoisotopic (exact) mass is 366 g/mol. The van der Waals surface area contributed by atoms with Gasteiger partial charge >= 0.3 is 0 Å². The molecule has 6 nitrogen and oxygen atoms in total. The Hall–Kier alpha value is -2.74. The fourth-order valence-electron chi connectivity index (χ4n) is 3.43. The highest BCUT2D eigenvalue weighted by atomic mass is 32.1. The molecule has 3 aromatic heterocycles. The predicted molar refractivity (Wildman–Crippen MR) is 96.7 cm³/mol. The minimum Gasteiger partial charge on any atom is -0.225 e. The summed E-state index contributed by atoms with van der Waals surface area (Å²) >= 11 is 1.74. The first-order valence-electron chi connectivity index (χ1n) is 8.50. The molecule has 1 aliphatic carbocycles. The molecular formula is C18H15FN6S. The van der Waals surface area contributed by atoms with Crippen LogP contribution in [0.25, 0.3) is 27.4 Å². The van der Waals surface area contributed by atoms with Gasteiger partial charge in [0.2, 0.25) is 5.82 Å². The van der Waals surface area contributed by atoms with Crippen LogP contribution in [0.5, 0.6) is 0 Å². The van der Waals surface area contributed by atoms with Crippen molar-refractivity contribution in [3.05, 3.63) is 46.9 Å². The molecule has 0 N–H and O–H groups in total. The zero-order valence-corrected chi connectivity index (χ0v) is 14.9. The van der Waals surface area contributed by atoms with E-state index >= 15 is 0 Å². The summed E-state index contributed by atoms with van der Waals surface area (Å²) in [5.74, 6) is 1.50. The van der Waals surface area contributed by atoms with Crippen LogP contribution in [0, 0.1) is 11.7 Å². The van der Waals surface area contributed by atoms with Gasteiger partial charge in [-0.3, -0.25) is 0 Å². The zero-order valence-electron chi connectivity index (χ0n) is 14.1.